The summed E-state index contributed by atoms with van der Waals surface area (Å²) in [7, 11) is 0. The molecule has 12 heteroatoms. The van der Waals surface area contributed by atoms with Crippen LogP contribution in [-0.2, 0) is 21.1 Å². The number of piperidine rings is 1. The monoisotopic (exact) mass is 504 g/mol. The van der Waals surface area contributed by atoms with Gasteiger partial charge in [0.15, 0.2) is 0 Å². The third-order valence-electron chi connectivity index (χ3n) is 7.27. The molecule has 0 amide bonds. The summed E-state index contributed by atoms with van der Waals surface area (Å²) in [6.45, 7) is 2.89. The summed E-state index contributed by atoms with van der Waals surface area (Å²) in [6.07, 6.45) is 1.76. The van der Waals surface area contributed by atoms with E-state index in [1.807, 2.05) is 12.1 Å². The maximum atomic E-state index is 13.8. The second kappa shape index (κ2) is 9.66. The Labute approximate surface area is 204 Å². The first kappa shape index (κ1) is 24.4. The van der Waals surface area contributed by atoms with Crippen LogP contribution in [0.5, 0.6) is 0 Å². The number of hydrogen-bond acceptors (Lipinski definition) is 7. The molecule has 3 fully saturated rings. The van der Waals surface area contributed by atoms with E-state index in [1.165, 1.54) is 0 Å². The van der Waals surface area contributed by atoms with Crippen LogP contribution in [0.2, 0.25) is 0 Å². The Morgan fingerprint density at radius 3 is 2.83 bits per heavy atom. The number of H-pyrrole nitrogens is 1. The summed E-state index contributed by atoms with van der Waals surface area (Å²) in [5.41, 5.74) is 0.993. The molecule has 2 aliphatic heterocycles. The number of nitrogens with zero attached hydrogens (tertiary/aromatic N) is 3. The molecule has 5 heterocycles. The van der Waals surface area contributed by atoms with Gasteiger partial charge in [-0.25, -0.2) is 15.0 Å². The fourth-order valence-corrected chi connectivity index (χ4v) is 5.33. The van der Waals surface area contributed by atoms with Gasteiger partial charge in [-0.1, -0.05) is 0 Å². The smallest absolute Gasteiger partial charge is 0.419 e. The highest BCUT2D eigenvalue weighted by Crippen LogP contribution is 2.58. The third kappa shape index (κ3) is 4.62. The van der Waals surface area contributed by atoms with E-state index < -0.39 is 11.7 Å². The van der Waals surface area contributed by atoms with Crippen molar-refractivity contribution < 1.29 is 27.8 Å². The minimum absolute atomic E-state index is 0.0505. The lowest BCUT2D eigenvalue weighted by Crippen LogP contribution is -2.38. The molecule has 0 spiro atoms. The van der Waals surface area contributed by atoms with Gasteiger partial charge in [-0.05, 0) is 50.3 Å². The van der Waals surface area contributed by atoms with Crippen LogP contribution in [0.25, 0.3) is 22.3 Å². The van der Waals surface area contributed by atoms with Gasteiger partial charge < -0.3 is 25.5 Å². The minimum atomic E-state index is -4.57. The highest BCUT2D eigenvalue weighted by molar-refractivity contribution is 5.93. The second-order valence-corrected chi connectivity index (χ2v) is 9.42. The molecule has 192 valence electrons. The van der Waals surface area contributed by atoms with E-state index in [4.69, 9.17) is 19.6 Å². The van der Waals surface area contributed by atoms with Crippen molar-refractivity contribution in [1.82, 2.24) is 25.3 Å². The van der Waals surface area contributed by atoms with E-state index in [-0.39, 0.29) is 29.6 Å². The summed E-state index contributed by atoms with van der Waals surface area (Å²) in [4.78, 5) is 24.5. The van der Waals surface area contributed by atoms with Crippen molar-refractivity contribution in [1.29, 1.82) is 0 Å². The van der Waals surface area contributed by atoms with Crippen LogP contribution in [0.3, 0.4) is 0 Å². The van der Waals surface area contributed by atoms with Crippen LogP contribution in [0.15, 0.2) is 24.5 Å². The first-order valence-corrected chi connectivity index (χ1v) is 11.9. The van der Waals surface area contributed by atoms with E-state index in [0.717, 1.165) is 57.3 Å². The fraction of sp³-hybridized carbons (Fsp3) is 0.500. The van der Waals surface area contributed by atoms with Crippen molar-refractivity contribution in [3.8, 4) is 11.3 Å². The van der Waals surface area contributed by atoms with E-state index >= 15 is 0 Å². The van der Waals surface area contributed by atoms with E-state index in [2.05, 4.69) is 25.6 Å². The lowest BCUT2D eigenvalue weighted by atomic mass is 9.93. The summed E-state index contributed by atoms with van der Waals surface area (Å²) >= 11 is 0. The quantitative estimate of drug-likeness (QED) is 0.398. The van der Waals surface area contributed by atoms with Crippen LogP contribution < -0.4 is 10.6 Å². The highest BCUT2D eigenvalue weighted by Gasteiger charge is 2.57. The van der Waals surface area contributed by atoms with Gasteiger partial charge in [0.2, 0.25) is 5.95 Å². The number of rotatable bonds is 4. The molecular formula is C24H27F3N6O3. The highest BCUT2D eigenvalue weighted by atomic mass is 19.4. The average molecular weight is 505 g/mol. The molecule has 3 aromatic heterocycles. The predicted octanol–water partition coefficient (Wildman–Crippen LogP) is 3.58. The minimum Gasteiger partial charge on any atom is -0.483 e. The SMILES string of the molecule is FC(F)(F)c1cnc(NC2CCCNC2)nc1-c1c[nH]c2nc(C34CCOCC3C4)ccc12.O=CO. The third-order valence-corrected chi connectivity index (χ3v) is 7.27. The Hall–Kier alpha value is -3.25. The lowest BCUT2D eigenvalue weighted by molar-refractivity contribution is -0.137. The number of halogens is 3. The van der Waals surface area contributed by atoms with Gasteiger partial charge in [-0.2, -0.15) is 13.2 Å². The van der Waals surface area contributed by atoms with Gasteiger partial charge in [-0.15, -0.1) is 0 Å². The van der Waals surface area contributed by atoms with Gasteiger partial charge in [0, 0.05) is 53.6 Å². The second-order valence-electron chi connectivity index (χ2n) is 9.42. The standard InChI is InChI=1S/C23H25F3N6O.CH2O2/c24-23(25,26)17-11-29-21(30-14-2-1-6-27-9-14)32-19(17)16-10-28-20-15(16)3-4-18(31-20)22-5-7-33-12-13(22)8-22;2-1-3/h3-4,10-11,13-14,27H,1-2,5-9,12H2,(H,28,31)(H,29,30,32);1H,(H,2,3). The Morgan fingerprint density at radius 1 is 1.28 bits per heavy atom. The Morgan fingerprint density at radius 2 is 2.11 bits per heavy atom. The predicted molar refractivity (Wildman–Crippen MR) is 126 cm³/mol. The zero-order valence-electron chi connectivity index (χ0n) is 19.4. The molecule has 1 aliphatic carbocycles. The number of aromatic amines is 1. The van der Waals surface area contributed by atoms with Gasteiger partial charge in [0.05, 0.1) is 12.3 Å². The molecule has 3 aromatic rings. The number of carboxylic acid groups (broad SMARTS) is 1. The maximum absolute atomic E-state index is 13.8. The van der Waals surface area contributed by atoms with Crippen molar-refractivity contribution in [3.63, 3.8) is 0 Å². The van der Waals surface area contributed by atoms with Crippen LogP contribution in [0.1, 0.15) is 36.9 Å². The molecule has 0 bridgehead atoms. The van der Waals surface area contributed by atoms with Crippen molar-refractivity contribution in [2.75, 3.05) is 31.6 Å². The van der Waals surface area contributed by atoms with Crippen LogP contribution in [0, 0.1) is 5.92 Å². The number of aromatic nitrogens is 4. The molecule has 36 heavy (non-hydrogen) atoms. The molecule has 3 unspecified atom stereocenters. The lowest BCUT2D eigenvalue weighted by Gasteiger charge is -2.24. The van der Waals surface area contributed by atoms with Crippen molar-refractivity contribution >= 4 is 23.5 Å². The van der Waals surface area contributed by atoms with Crippen molar-refractivity contribution in [3.05, 3.63) is 35.8 Å². The number of pyridine rings is 1. The summed E-state index contributed by atoms with van der Waals surface area (Å²) in [5, 5.41) is 14.0. The number of hydrogen-bond donors (Lipinski definition) is 4. The van der Waals surface area contributed by atoms with Gasteiger partial charge >= 0.3 is 6.18 Å². The molecule has 0 aromatic carbocycles. The van der Waals surface area contributed by atoms with Crippen LogP contribution in [-0.4, -0.2) is 63.9 Å². The Bertz CT molecular complexity index is 1240. The van der Waals surface area contributed by atoms with Crippen molar-refractivity contribution in [2.45, 2.75) is 43.3 Å². The summed E-state index contributed by atoms with van der Waals surface area (Å²) in [5.74, 6) is 0.680. The maximum Gasteiger partial charge on any atom is 0.419 e. The van der Waals surface area contributed by atoms with Crippen LogP contribution in [0.4, 0.5) is 19.1 Å². The largest absolute Gasteiger partial charge is 0.483 e. The van der Waals surface area contributed by atoms with Crippen LogP contribution >= 0.6 is 0 Å². The molecule has 3 aliphatic rings. The number of ether oxygens (including phenoxy) is 1. The van der Waals surface area contributed by atoms with Gasteiger partial charge in [0.25, 0.3) is 6.47 Å². The number of carbonyl (C=O) groups is 1. The average Bonchev–Trinajstić information content (AvgIpc) is 3.48. The van der Waals surface area contributed by atoms with E-state index in [9.17, 15) is 13.2 Å². The Kier molecular flexibility index (Phi) is 6.56. The van der Waals surface area contributed by atoms with Gasteiger partial charge in [0.1, 0.15) is 11.2 Å². The van der Waals surface area contributed by atoms with Crippen molar-refractivity contribution in [2.24, 2.45) is 5.92 Å². The molecule has 9 nitrogen and oxygen atoms in total. The summed E-state index contributed by atoms with van der Waals surface area (Å²) < 4.78 is 47.1. The van der Waals surface area contributed by atoms with E-state index in [1.54, 1.807) is 6.20 Å². The number of nitrogens with one attached hydrogen (secondary N) is 3. The molecule has 1 saturated carbocycles. The molecule has 2 saturated heterocycles. The molecule has 4 N–H and O–H groups in total. The molecule has 6 rings (SSSR count). The van der Waals surface area contributed by atoms with E-state index in [0.29, 0.717) is 29.1 Å². The number of fused-ring (bicyclic) bond motifs is 2. The number of alkyl halides is 3. The Balaban J connectivity index is 0.000000848. The normalized spacial score (nSPS) is 25.4. The molecular weight excluding hydrogens is 477 g/mol. The summed E-state index contributed by atoms with van der Waals surface area (Å²) in [6, 6.07) is 3.90. The first-order chi connectivity index (χ1) is 17.4. The molecule has 3 atom stereocenters. The molecule has 0 radical (unpaired) electrons. The topological polar surface area (TPSA) is 125 Å². The zero-order chi connectivity index (χ0) is 25.3. The number of anilines is 1. The van der Waals surface area contributed by atoms with Gasteiger partial charge in [-0.3, -0.25) is 4.79 Å². The fourth-order valence-electron chi connectivity index (χ4n) is 5.33. The zero-order valence-corrected chi connectivity index (χ0v) is 19.4. The first-order valence-electron chi connectivity index (χ1n) is 11.9.